The minimum Gasteiger partial charge on any atom is -0.313 e. The average molecular weight is 422 g/mol. The average Bonchev–Trinajstić information content (AvgIpc) is 2.96. The summed E-state index contributed by atoms with van der Waals surface area (Å²) < 4.78 is 2.38. The first-order chi connectivity index (χ1) is 14.5. The Labute approximate surface area is 180 Å². The van der Waals surface area contributed by atoms with Crippen LogP contribution in [0.4, 0.5) is 11.4 Å². The number of thiazole rings is 1. The van der Waals surface area contributed by atoms with Crippen LogP contribution in [0.2, 0.25) is 0 Å². The van der Waals surface area contributed by atoms with Crippen molar-refractivity contribution in [3.05, 3.63) is 73.9 Å². The van der Waals surface area contributed by atoms with E-state index < -0.39 is 0 Å². The molecule has 1 fully saturated rings. The third-order valence-electron chi connectivity index (χ3n) is 6.02. The van der Waals surface area contributed by atoms with Crippen molar-refractivity contribution in [1.82, 2.24) is 4.57 Å². The highest BCUT2D eigenvalue weighted by atomic mass is 32.1. The second-order valence-electron chi connectivity index (χ2n) is 8.10. The van der Waals surface area contributed by atoms with Gasteiger partial charge in [-0.1, -0.05) is 31.7 Å². The largest absolute Gasteiger partial charge is 0.313 e. The van der Waals surface area contributed by atoms with Crippen molar-refractivity contribution >= 4 is 22.7 Å². The molecule has 1 heterocycles. The first-order valence-electron chi connectivity index (χ1n) is 10.6. The fourth-order valence-corrected chi connectivity index (χ4v) is 5.13. The van der Waals surface area contributed by atoms with Gasteiger partial charge in [-0.05, 0) is 67.6 Å². The fraction of sp³-hybridized carbons (Fsp3) is 0.375. The minimum absolute atomic E-state index is 0.120. The number of nitrogens with zero attached hydrogens (tertiary/aromatic N) is 3. The molecule has 30 heavy (non-hydrogen) atoms. The van der Waals surface area contributed by atoms with Crippen LogP contribution < -0.4 is 4.80 Å². The predicted molar refractivity (Wildman–Crippen MR) is 122 cm³/mol. The number of hydrogen-bond acceptors (Lipinski definition) is 4. The SMILES string of the molecule is Cc1ccc(N=c2scc(-c3ccc([N+](=O)[O-])cc3)n2C2CCCCCC2)cc1C. The molecule has 1 aliphatic carbocycles. The van der Waals surface area contributed by atoms with Crippen LogP contribution in [0.3, 0.4) is 0 Å². The molecule has 6 heteroatoms. The summed E-state index contributed by atoms with van der Waals surface area (Å²) in [5.41, 5.74) is 5.70. The molecule has 1 aliphatic rings. The maximum absolute atomic E-state index is 11.0. The van der Waals surface area contributed by atoms with Crippen molar-refractivity contribution in [3.8, 4) is 11.3 Å². The van der Waals surface area contributed by atoms with Gasteiger partial charge >= 0.3 is 0 Å². The second kappa shape index (κ2) is 8.96. The zero-order valence-corrected chi connectivity index (χ0v) is 18.3. The molecule has 2 aromatic carbocycles. The van der Waals surface area contributed by atoms with E-state index in [1.165, 1.54) is 36.8 Å². The van der Waals surface area contributed by atoms with E-state index >= 15 is 0 Å². The fourth-order valence-electron chi connectivity index (χ4n) is 4.14. The van der Waals surface area contributed by atoms with E-state index in [1.54, 1.807) is 23.5 Å². The highest BCUT2D eigenvalue weighted by Gasteiger charge is 2.20. The van der Waals surface area contributed by atoms with E-state index in [0.29, 0.717) is 6.04 Å². The molecule has 1 saturated carbocycles. The highest BCUT2D eigenvalue weighted by molar-refractivity contribution is 7.07. The molecule has 0 N–H and O–H groups in total. The van der Waals surface area contributed by atoms with Crippen LogP contribution in [0.1, 0.15) is 55.7 Å². The zero-order valence-electron chi connectivity index (χ0n) is 17.5. The molecule has 0 amide bonds. The molecule has 0 aliphatic heterocycles. The topological polar surface area (TPSA) is 60.4 Å². The van der Waals surface area contributed by atoms with Gasteiger partial charge in [-0.3, -0.25) is 10.1 Å². The Morgan fingerprint density at radius 2 is 1.70 bits per heavy atom. The number of aryl methyl sites for hydroxylation is 2. The monoisotopic (exact) mass is 421 g/mol. The number of aromatic nitrogens is 1. The zero-order chi connectivity index (χ0) is 21.1. The molecule has 1 aromatic heterocycles. The third kappa shape index (κ3) is 4.38. The van der Waals surface area contributed by atoms with E-state index in [4.69, 9.17) is 4.99 Å². The summed E-state index contributed by atoms with van der Waals surface area (Å²) in [4.78, 5) is 16.7. The molecule has 156 valence electrons. The lowest BCUT2D eigenvalue weighted by molar-refractivity contribution is -0.384. The van der Waals surface area contributed by atoms with Crippen LogP contribution >= 0.6 is 11.3 Å². The van der Waals surface area contributed by atoms with Crippen molar-refractivity contribution in [2.75, 3.05) is 0 Å². The van der Waals surface area contributed by atoms with Gasteiger partial charge in [0, 0.05) is 23.6 Å². The van der Waals surface area contributed by atoms with Crippen LogP contribution in [0.5, 0.6) is 0 Å². The normalized spacial score (nSPS) is 15.9. The van der Waals surface area contributed by atoms with Crippen LogP contribution in [-0.2, 0) is 0 Å². The standard InChI is InChI=1S/C24H27N3O2S/c1-17-9-12-20(15-18(17)2)25-24-26(21-7-5-3-4-6-8-21)23(16-30-24)19-10-13-22(14-11-19)27(28)29/h9-16,21H,3-8H2,1-2H3. The van der Waals surface area contributed by atoms with Gasteiger partial charge in [-0.2, -0.15) is 0 Å². The van der Waals surface area contributed by atoms with Crippen molar-refractivity contribution in [3.63, 3.8) is 0 Å². The van der Waals surface area contributed by atoms with Gasteiger partial charge in [0.15, 0.2) is 4.80 Å². The van der Waals surface area contributed by atoms with Gasteiger partial charge in [0.05, 0.1) is 16.3 Å². The van der Waals surface area contributed by atoms with Crippen LogP contribution in [0, 0.1) is 24.0 Å². The number of nitro groups is 1. The van der Waals surface area contributed by atoms with Crippen molar-refractivity contribution in [2.24, 2.45) is 4.99 Å². The molecule has 0 unspecified atom stereocenters. The lowest BCUT2D eigenvalue weighted by Gasteiger charge is -2.20. The smallest absolute Gasteiger partial charge is 0.269 e. The molecule has 0 radical (unpaired) electrons. The Balaban J connectivity index is 1.83. The van der Waals surface area contributed by atoms with Gasteiger partial charge in [0.2, 0.25) is 0 Å². The van der Waals surface area contributed by atoms with Gasteiger partial charge in [0.1, 0.15) is 0 Å². The van der Waals surface area contributed by atoms with Crippen LogP contribution in [-0.4, -0.2) is 9.49 Å². The molecule has 4 rings (SSSR count). The first-order valence-corrected chi connectivity index (χ1v) is 11.5. The Bertz CT molecular complexity index is 1100. The minimum atomic E-state index is -0.350. The first kappa shape index (κ1) is 20.5. The van der Waals surface area contributed by atoms with Crippen LogP contribution in [0.25, 0.3) is 11.3 Å². The number of nitro benzene ring substituents is 1. The summed E-state index contributed by atoms with van der Waals surface area (Å²) >= 11 is 1.65. The van der Waals surface area contributed by atoms with Gasteiger partial charge in [-0.15, -0.1) is 11.3 Å². The molecule has 3 aromatic rings. The lowest BCUT2D eigenvalue weighted by Crippen LogP contribution is -2.21. The van der Waals surface area contributed by atoms with E-state index in [9.17, 15) is 10.1 Å². The Morgan fingerprint density at radius 3 is 2.33 bits per heavy atom. The molecule has 5 nitrogen and oxygen atoms in total. The molecule has 0 atom stereocenters. The molecular formula is C24H27N3O2S. The summed E-state index contributed by atoms with van der Waals surface area (Å²) in [5.74, 6) is 0. The number of benzene rings is 2. The second-order valence-corrected chi connectivity index (χ2v) is 8.94. The van der Waals surface area contributed by atoms with Crippen molar-refractivity contribution in [2.45, 2.75) is 58.4 Å². The predicted octanol–water partition coefficient (Wildman–Crippen LogP) is 6.87. The number of non-ortho nitro benzene ring substituents is 1. The molecular weight excluding hydrogens is 394 g/mol. The highest BCUT2D eigenvalue weighted by Crippen LogP contribution is 2.32. The lowest BCUT2D eigenvalue weighted by atomic mass is 10.1. The van der Waals surface area contributed by atoms with Crippen molar-refractivity contribution in [1.29, 1.82) is 0 Å². The Morgan fingerprint density at radius 1 is 1.00 bits per heavy atom. The van der Waals surface area contributed by atoms with E-state index in [2.05, 4.69) is 42.0 Å². The molecule has 0 spiro atoms. The maximum atomic E-state index is 11.0. The Kier molecular flexibility index (Phi) is 6.13. The number of rotatable bonds is 4. The number of hydrogen-bond donors (Lipinski definition) is 0. The van der Waals surface area contributed by atoms with Crippen molar-refractivity contribution < 1.29 is 4.92 Å². The maximum Gasteiger partial charge on any atom is 0.269 e. The summed E-state index contributed by atoms with van der Waals surface area (Å²) in [7, 11) is 0. The summed E-state index contributed by atoms with van der Waals surface area (Å²) in [5, 5.41) is 13.2. The quantitative estimate of drug-likeness (QED) is 0.262. The molecule has 0 bridgehead atoms. The van der Waals surface area contributed by atoms with E-state index in [-0.39, 0.29) is 10.6 Å². The van der Waals surface area contributed by atoms with Gasteiger partial charge in [0.25, 0.3) is 5.69 Å². The molecule has 0 saturated heterocycles. The van der Waals surface area contributed by atoms with E-state index in [1.807, 2.05) is 12.1 Å². The summed E-state index contributed by atoms with van der Waals surface area (Å²) in [6, 6.07) is 13.6. The van der Waals surface area contributed by atoms with Gasteiger partial charge in [-0.25, -0.2) is 4.99 Å². The summed E-state index contributed by atoms with van der Waals surface area (Å²) in [6.45, 7) is 4.23. The Hall–Kier alpha value is -2.73. The van der Waals surface area contributed by atoms with Gasteiger partial charge < -0.3 is 4.57 Å². The third-order valence-corrected chi connectivity index (χ3v) is 6.86. The van der Waals surface area contributed by atoms with Crippen LogP contribution in [0.15, 0.2) is 52.8 Å². The summed E-state index contributed by atoms with van der Waals surface area (Å²) in [6.07, 6.45) is 7.34. The van der Waals surface area contributed by atoms with E-state index in [0.717, 1.165) is 34.6 Å².